The van der Waals surface area contributed by atoms with E-state index in [4.69, 9.17) is 9.47 Å². The van der Waals surface area contributed by atoms with Gasteiger partial charge in [-0.05, 0) is 57.8 Å². The summed E-state index contributed by atoms with van der Waals surface area (Å²) in [6.45, 7) is 8.88. The van der Waals surface area contributed by atoms with E-state index in [-0.39, 0.29) is 17.4 Å². The summed E-state index contributed by atoms with van der Waals surface area (Å²) in [7, 11) is 1.48. The zero-order valence-corrected chi connectivity index (χ0v) is 34.6. The quantitative estimate of drug-likeness (QED) is 0.0477. The van der Waals surface area contributed by atoms with Crippen LogP contribution < -0.4 is 0 Å². The Balaban J connectivity index is 1.73. The van der Waals surface area contributed by atoms with E-state index in [1.165, 1.54) is 206 Å². The lowest BCUT2D eigenvalue weighted by atomic mass is 9.95. The van der Waals surface area contributed by atoms with E-state index in [1.54, 1.807) is 0 Å². The fourth-order valence-electron chi connectivity index (χ4n) is 7.84. The number of rotatable bonds is 37. The Morgan fingerprint density at radius 2 is 0.900 bits per heavy atom. The first-order valence-corrected chi connectivity index (χ1v) is 22.5. The lowest BCUT2D eigenvalue weighted by Crippen LogP contribution is -2.23. The van der Waals surface area contributed by atoms with E-state index >= 15 is 0 Å². The molecule has 0 aliphatic heterocycles. The highest BCUT2D eigenvalue weighted by Crippen LogP contribution is 2.48. The highest BCUT2D eigenvalue weighted by Gasteiger charge is 2.39. The molecule has 1 aliphatic carbocycles. The van der Waals surface area contributed by atoms with Crippen LogP contribution in [0.3, 0.4) is 0 Å². The maximum Gasteiger partial charge on any atom is 0.311 e. The molecule has 0 amide bonds. The highest BCUT2D eigenvalue weighted by atomic mass is 16.5. The van der Waals surface area contributed by atoms with E-state index in [9.17, 15) is 9.59 Å². The third-order valence-electron chi connectivity index (χ3n) is 11.5. The van der Waals surface area contributed by atoms with Gasteiger partial charge in [0.15, 0.2) is 0 Å². The van der Waals surface area contributed by atoms with Crippen LogP contribution in [-0.4, -0.2) is 25.7 Å². The molecular weight excluding hydrogens is 617 g/mol. The number of ether oxygens (including phenoxy) is 2. The van der Waals surface area contributed by atoms with Crippen molar-refractivity contribution in [2.45, 2.75) is 246 Å². The van der Waals surface area contributed by atoms with Crippen LogP contribution in [0.15, 0.2) is 0 Å². The zero-order valence-electron chi connectivity index (χ0n) is 34.6. The molecule has 1 aliphatic rings. The highest BCUT2D eigenvalue weighted by molar-refractivity contribution is 5.75. The number of esters is 2. The molecule has 4 heteroatoms. The largest absolute Gasteiger partial charge is 0.469 e. The van der Waals surface area contributed by atoms with Gasteiger partial charge >= 0.3 is 11.9 Å². The summed E-state index contributed by atoms with van der Waals surface area (Å²) in [4.78, 5) is 22.9. The molecule has 50 heavy (non-hydrogen) atoms. The topological polar surface area (TPSA) is 52.6 Å². The molecule has 0 bridgehead atoms. The Labute approximate surface area is 313 Å². The molecule has 0 spiro atoms. The lowest BCUT2D eigenvalue weighted by Gasteiger charge is -2.16. The van der Waals surface area contributed by atoms with E-state index in [0.29, 0.717) is 13.0 Å². The van der Waals surface area contributed by atoms with Crippen LogP contribution in [0.25, 0.3) is 0 Å². The summed E-state index contributed by atoms with van der Waals surface area (Å²) in [5.41, 5.74) is -0.376. The molecule has 0 aromatic rings. The third-order valence-corrected chi connectivity index (χ3v) is 11.5. The van der Waals surface area contributed by atoms with Crippen LogP contribution in [0.1, 0.15) is 246 Å². The third kappa shape index (κ3) is 29.5. The van der Waals surface area contributed by atoms with Crippen LogP contribution in [0.2, 0.25) is 0 Å². The van der Waals surface area contributed by atoms with E-state index in [1.807, 2.05) is 20.8 Å². The van der Waals surface area contributed by atoms with Crippen molar-refractivity contribution < 1.29 is 19.1 Å². The number of unbranched alkanes of at least 4 members (excludes halogenated alkanes) is 28. The average Bonchev–Trinajstić information content (AvgIpc) is 3.88. The van der Waals surface area contributed by atoms with Gasteiger partial charge in [-0.15, -0.1) is 0 Å². The molecular formula is C46H88O4. The van der Waals surface area contributed by atoms with Gasteiger partial charge in [-0.3, -0.25) is 9.59 Å². The number of methoxy groups -OCH3 is 1. The van der Waals surface area contributed by atoms with Gasteiger partial charge in [0.1, 0.15) is 0 Å². The van der Waals surface area contributed by atoms with Crippen molar-refractivity contribution in [3.05, 3.63) is 0 Å². The Morgan fingerprint density at radius 1 is 0.540 bits per heavy atom. The zero-order chi connectivity index (χ0) is 36.5. The van der Waals surface area contributed by atoms with Crippen LogP contribution in [0.5, 0.6) is 0 Å². The SMILES string of the molecule is COC(=O)CCCCCCCCCCCCCCCC[C@H](C)[C@H]1C[C@H]1CCCCCCCCCCCCCCCCCCOC(=O)C(C)(C)C. The second kappa shape index (κ2) is 32.6. The van der Waals surface area contributed by atoms with Crippen molar-refractivity contribution in [1.82, 2.24) is 0 Å². The summed E-state index contributed by atoms with van der Waals surface area (Å²) < 4.78 is 10.0. The first-order valence-electron chi connectivity index (χ1n) is 22.5. The summed E-state index contributed by atoms with van der Waals surface area (Å²) in [5, 5.41) is 0. The molecule has 296 valence electrons. The Kier molecular flexibility index (Phi) is 30.6. The predicted molar refractivity (Wildman–Crippen MR) is 216 cm³/mol. The van der Waals surface area contributed by atoms with Gasteiger partial charge in [-0.25, -0.2) is 0 Å². The van der Waals surface area contributed by atoms with Gasteiger partial charge in [-0.2, -0.15) is 0 Å². The molecule has 0 aromatic carbocycles. The average molecular weight is 705 g/mol. The lowest BCUT2D eigenvalue weighted by molar-refractivity contribution is -0.153. The van der Waals surface area contributed by atoms with E-state index in [2.05, 4.69) is 6.92 Å². The maximum absolute atomic E-state index is 11.8. The van der Waals surface area contributed by atoms with Gasteiger partial charge in [0, 0.05) is 6.42 Å². The molecule has 3 atom stereocenters. The van der Waals surface area contributed by atoms with Crippen molar-refractivity contribution in [1.29, 1.82) is 0 Å². The second-order valence-corrected chi connectivity index (χ2v) is 17.5. The normalized spacial score (nSPS) is 16.4. The Morgan fingerprint density at radius 3 is 1.30 bits per heavy atom. The summed E-state index contributed by atoms with van der Waals surface area (Å²) in [6.07, 6.45) is 46.2. The smallest absolute Gasteiger partial charge is 0.311 e. The number of carbonyl (C=O) groups excluding carboxylic acids is 2. The van der Waals surface area contributed by atoms with Gasteiger partial charge in [-0.1, -0.05) is 200 Å². The van der Waals surface area contributed by atoms with Crippen molar-refractivity contribution >= 4 is 11.9 Å². The van der Waals surface area contributed by atoms with Crippen LogP contribution in [0, 0.1) is 23.2 Å². The van der Waals surface area contributed by atoms with Gasteiger partial charge in [0.2, 0.25) is 0 Å². The fraction of sp³-hybridized carbons (Fsp3) is 0.957. The van der Waals surface area contributed by atoms with Gasteiger partial charge < -0.3 is 9.47 Å². The Bertz CT molecular complexity index is 771. The summed E-state index contributed by atoms with van der Waals surface area (Å²) in [5.74, 6) is 2.96. The molecule has 1 rings (SSSR count). The number of hydrogen-bond donors (Lipinski definition) is 0. The minimum Gasteiger partial charge on any atom is -0.469 e. The molecule has 0 saturated heterocycles. The fourth-order valence-corrected chi connectivity index (χ4v) is 7.84. The van der Waals surface area contributed by atoms with Crippen LogP contribution >= 0.6 is 0 Å². The number of hydrogen-bond acceptors (Lipinski definition) is 4. The predicted octanol–water partition coefficient (Wildman–Crippen LogP) is 14.9. The molecule has 0 unspecified atom stereocenters. The van der Waals surface area contributed by atoms with Gasteiger partial charge in [0.25, 0.3) is 0 Å². The molecule has 0 heterocycles. The minimum absolute atomic E-state index is 0.0627. The molecule has 1 fully saturated rings. The summed E-state index contributed by atoms with van der Waals surface area (Å²) in [6, 6.07) is 0. The van der Waals surface area contributed by atoms with Crippen molar-refractivity contribution in [2.75, 3.05) is 13.7 Å². The van der Waals surface area contributed by atoms with Crippen molar-refractivity contribution in [3.63, 3.8) is 0 Å². The van der Waals surface area contributed by atoms with E-state index < -0.39 is 0 Å². The Hall–Kier alpha value is -1.06. The first kappa shape index (κ1) is 47.0. The monoisotopic (exact) mass is 705 g/mol. The van der Waals surface area contributed by atoms with Crippen molar-refractivity contribution in [3.8, 4) is 0 Å². The minimum atomic E-state index is -0.376. The first-order chi connectivity index (χ1) is 24.3. The molecule has 4 nitrogen and oxygen atoms in total. The molecule has 0 N–H and O–H groups in total. The molecule has 1 saturated carbocycles. The summed E-state index contributed by atoms with van der Waals surface area (Å²) >= 11 is 0. The second-order valence-electron chi connectivity index (χ2n) is 17.5. The maximum atomic E-state index is 11.8. The van der Waals surface area contributed by atoms with Crippen LogP contribution in [-0.2, 0) is 19.1 Å². The van der Waals surface area contributed by atoms with Crippen molar-refractivity contribution in [2.24, 2.45) is 23.2 Å². The molecule has 0 aromatic heterocycles. The van der Waals surface area contributed by atoms with Gasteiger partial charge in [0.05, 0.1) is 19.1 Å². The van der Waals surface area contributed by atoms with Crippen LogP contribution in [0.4, 0.5) is 0 Å². The number of carbonyl (C=O) groups is 2. The molecule has 0 radical (unpaired) electrons. The van der Waals surface area contributed by atoms with E-state index in [0.717, 1.165) is 30.6 Å². The standard InChI is InChI=1S/C46H88O4/c1-41(36-32-28-24-20-16-12-9-10-14-18-22-26-30-34-38-44(47)49-5)43-40-42(43)37-33-29-25-21-17-13-8-6-7-11-15-19-23-27-31-35-39-50-45(48)46(2,3)4/h41-43H,6-40H2,1-5H3/t41-,42+,43+/m0/s1.